The van der Waals surface area contributed by atoms with Gasteiger partial charge in [-0.15, -0.1) is 10.2 Å². The molecule has 24 heavy (non-hydrogen) atoms. The molecule has 3 aromatic rings. The van der Waals surface area contributed by atoms with Crippen LogP contribution in [0.1, 0.15) is 15.9 Å². The minimum absolute atomic E-state index is 0.193. The highest BCUT2D eigenvalue weighted by atomic mass is 32.2. The van der Waals surface area contributed by atoms with Crippen LogP contribution in [0.25, 0.3) is 0 Å². The van der Waals surface area contributed by atoms with Gasteiger partial charge in [0, 0.05) is 5.75 Å². The molecule has 0 saturated carbocycles. The van der Waals surface area contributed by atoms with Crippen LogP contribution in [0.2, 0.25) is 0 Å². The van der Waals surface area contributed by atoms with Crippen LogP contribution in [-0.2, 0) is 5.75 Å². The maximum absolute atomic E-state index is 13.6. The standard InChI is InChI=1S/C16H11F2N3OS2/c17-11-7-4-8-12(18)13(11)14(22)19-15-20-21-16(24-15)23-9-10-5-2-1-3-6-10/h1-8H,9H2,(H,19,20,22). The van der Waals surface area contributed by atoms with Gasteiger partial charge in [0.15, 0.2) is 4.34 Å². The Bertz CT molecular complexity index is 835. The van der Waals surface area contributed by atoms with E-state index in [4.69, 9.17) is 0 Å². The third-order valence-electron chi connectivity index (χ3n) is 3.02. The van der Waals surface area contributed by atoms with Gasteiger partial charge in [0.25, 0.3) is 5.91 Å². The highest BCUT2D eigenvalue weighted by Gasteiger charge is 2.18. The molecule has 0 fully saturated rings. The first-order valence-corrected chi connectivity index (χ1v) is 8.69. The van der Waals surface area contributed by atoms with E-state index in [0.717, 1.165) is 29.0 Å². The second-order valence-corrected chi connectivity index (χ2v) is 6.90. The number of nitrogens with zero attached hydrogens (tertiary/aromatic N) is 2. The maximum Gasteiger partial charge on any atom is 0.263 e. The Balaban J connectivity index is 1.64. The summed E-state index contributed by atoms with van der Waals surface area (Å²) in [5, 5.41) is 10.3. The van der Waals surface area contributed by atoms with Crippen molar-refractivity contribution in [3.05, 3.63) is 71.3 Å². The van der Waals surface area contributed by atoms with Gasteiger partial charge in [0.2, 0.25) is 5.13 Å². The van der Waals surface area contributed by atoms with Crippen LogP contribution in [-0.4, -0.2) is 16.1 Å². The van der Waals surface area contributed by atoms with Crippen molar-refractivity contribution in [3.8, 4) is 0 Å². The predicted octanol–water partition coefficient (Wildman–Crippen LogP) is 4.36. The monoisotopic (exact) mass is 363 g/mol. The molecule has 0 spiro atoms. The molecule has 0 saturated heterocycles. The number of amides is 1. The van der Waals surface area contributed by atoms with Crippen LogP contribution in [0.3, 0.4) is 0 Å². The molecule has 1 N–H and O–H groups in total. The topological polar surface area (TPSA) is 54.9 Å². The molecule has 4 nitrogen and oxygen atoms in total. The highest BCUT2D eigenvalue weighted by Crippen LogP contribution is 2.28. The van der Waals surface area contributed by atoms with Gasteiger partial charge >= 0.3 is 0 Å². The smallest absolute Gasteiger partial charge is 0.263 e. The molecular formula is C16H11F2N3OS2. The van der Waals surface area contributed by atoms with E-state index in [1.807, 2.05) is 30.3 Å². The van der Waals surface area contributed by atoms with Crippen LogP contribution in [0, 0.1) is 11.6 Å². The van der Waals surface area contributed by atoms with Crippen LogP contribution in [0.5, 0.6) is 0 Å². The minimum atomic E-state index is -0.921. The third-order valence-corrected chi connectivity index (χ3v) is 5.07. The first kappa shape index (κ1) is 16.5. The first-order valence-electron chi connectivity index (χ1n) is 6.89. The molecule has 0 bridgehead atoms. The molecule has 0 aliphatic rings. The quantitative estimate of drug-likeness (QED) is 0.540. The molecule has 122 valence electrons. The molecule has 0 atom stereocenters. The summed E-state index contributed by atoms with van der Waals surface area (Å²) in [4.78, 5) is 12.0. The summed E-state index contributed by atoms with van der Waals surface area (Å²) in [6.45, 7) is 0. The number of hydrogen-bond donors (Lipinski definition) is 1. The molecule has 0 aliphatic carbocycles. The SMILES string of the molecule is O=C(Nc1nnc(SCc2ccccc2)s1)c1c(F)cccc1F. The molecule has 8 heteroatoms. The fraction of sp³-hybridized carbons (Fsp3) is 0.0625. The minimum Gasteiger partial charge on any atom is -0.296 e. The summed E-state index contributed by atoms with van der Waals surface area (Å²) >= 11 is 2.62. The number of anilines is 1. The van der Waals surface area contributed by atoms with E-state index in [-0.39, 0.29) is 5.13 Å². The van der Waals surface area contributed by atoms with Crippen molar-refractivity contribution in [3.63, 3.8) is 0 Å². The normalized spacial score (nSPS) is 10.6. The Morgan fingerprint density at radius 3 is 2.46 bits per heavy atom. The number of hydrogen-bond acceptors (Lipinski definition) is 5. The Morgan fingerprint density at radius 1 is 1.04 bits per heavy atom. The van der Waals surface area contributed by atoms with E-state index in [1.165, 1.54) is 17.8 Å². The van der Waals surface area contributed by atoms with Crippen molar-refractivity contribution in [2.45, 2.75) is 10.1 Å². The molecule has 1 aromatic heterocycles. The average Bonchev–Trinajstić information content (AvgIpc) is 3.01. The number of carbonyl (C=O) groups is 1. The predicted molar refractivity (Wildman–Crippen MR) is 90.2 cm³/mol. The summed E-state index contributed by atoms with van der Waals surface area (Å²) in [5.74, 6) is -2.02. The average molecular weight is 363 g/mol. The van der Waals surface area contributed by atoms with E-state index in [2.05, 4.69) is 15.5 Å². The van der Waals surface area contributed by atoms with E-state index < -0.39 is 23.1 Å². The summed E-state index contributed by atoms with van der Waals surface area (Å²) in [6.07, 6.45) is 0. The highest BCUT2D eigenvalue weighted by molar-refractivity contribution is 8.00. The Hall–Kier alpha value is -2.32. The molecule has 0 unspecified atom stereocenters. The number of benzene rings is 2. The lowest BCUT2D eigenvalue weighted by Crippen LogP contribution is -2.15. The zero-order valence-corrected chi connectivity index (χ0v) is 13.8. The fourth-order valence-corrected chi connectivity index (χ4v) is 3.62. The van der Waals surface area contributed by atoms with Crippen molar-refractivity contribution >= 4 is 34.1 Å². The van der Waals surface area contributed by atoms with Gasteiger partial charge in [0.05, 0.1) is 0 Å². The van der Waals surface area contributed by atoms with Crippen LogP contribution >= 0.6 is 23.1 Å². The Kier molecular flexibility index (Phi) is 5.17. The van der Waals surface area contributed by atoms with E-state index in [9.17, 15) is 13.6 Å². The summed E-state index contributed by atoms with van der Waals surface area (Å²) < 4.78 is 27.8. The summed E-state index contributed by atoms with van der Waals surface area (Å²) in [7, 11) is 0. The zero-order valence-electron chi connectivity index (χ0n) is 12.2. The number of aromatic nitrogens is 2. The van der Waals surface area contributed by atoms with Crippen LogP contribution < -0.4 is 5.32 Å². The third kappa shape index (κ3) is 3.95. The second-order valence-electron chi connectivity index (χ2n) is 4.70. The number of carbonyl (C=O) groups excluding carboxylic acids is 1. The molecule has 3 rings (SSSR count). The number of thioether (sulfide) groups is 1. The summed E-state index contributed by atoms with van der Waals surface area (Å²) in [5.41, 5.74) is 0.503. The first-order chi connectivity index (χ1) is 11.6. The summed E-state index contributed by atoms with van der Waals surface area (Å²) in [6, 6.07) is 13.1. The lowest BCUT2D eigenvalue weighted by Gasteiger charge is -2.03. The van der Waals surface area contributed by atoms with Gasteiger partial charge < -0.3 is 0 Å². The molecular weight excluding hydrogens is 352 g/mol. The molecule has 1 amide bonds. The zero-order chi connectivity index (χ0) is 16.9. The largest absolute Gasteiger partial charge is 0.296 e. The molecule has 2 aromatic carbocycles. The van der Waals surface area contributed by atoms with Crippen molar-refractivity contribution in [2.24, 2.45) is 0 Å². The van der Waals surface area contributed by atoms with E-state index in [1.54, 1.807) is 0 Å². The van der Waals surface area contributed by atoms with Gasteiger partial charge in [-0.1, -0.05) is 59.5 Å². The second kappa shape index (κ2) is 7.50. The van der Waals surface area contributed by atoms with Crippen molar-refractivity contribution in [1.82, 2.24) is 10.2 Å². The fourth-order valence-electron chi connectivity index (χ4n) is 1.91. The number of halogens is 2. The van der Waals surface area contributed by atoms with Crippen molar-refractivity contribution < 1.29 is 13.6 Å². The van der Waals surface area contributed by atoms with Crippen molar-refractivity contribution in [1.29, 1.82) is 0 Å². The van der Waals surface area contributed by atoms with Gasteiger partial charge in [-0.05, 0) is 17.7 Å². The van der Waals surface area contributed by atoms with Crippen LogP contribution in [0.15, 0.2) is 52.9 Å². The van der Waals surface area contributed by atoms with Gasteiger partial charge in [-0.25, -0.2) is 8.78 Å². The Labute approximate surface area is 144 Å². The number of rotatable bonds is 5. The Morgan fingerprint density at radius 2 is 1.75 bits per heavy atom. The van der Waals surface area contributed by atoms with Gasteiger partial charge in [0.1, 0.15) is 17.2 Å². The van der Waals surface area contributed by atoms with E-state index >= 15 is 0 Å². The number of nitrogens with one attached hydrogen (secondary N) is 1. The lowest BCUT2D eigenvalue weighted by molar-refractivity contribution is 0.101. The van der Waals surface area contributed by atoms with Crippen molar-refractivity contribution in [2.75, 3.05) is 5.32 Å². The maximum atomic E-state index is 13.6. The molecule has 0 radical (unpaired) electrons. The molecule has 0 aliphatic heterocycles. The lowest BCUT2D eigenvalue weighted by atomic mass is 10.2. The van der Waals surface area contributed by atoms with Gasteiger partial charge in [-0.3, -0.25) is 10.1 Å². The van der Waals surface area contributed by atoms with E-state index in [0.29, 0.717) is 10.1 Å². The molecule has 1 heterocycles. The van der Waals surface area contributed by atoms with Gasteiger partial charge in [-0.2, -0.15) is 0 Å². The van der Waals surface area contributed by atoms with Crippen LogP contribution in [0.4, 0.5) is 13.9 Å².